The molecule has 2 N–H and O–H groups in total. The van der Waals surface area contributed by atoms with E-state index in [4.69, 9.17) is 20.8 Å². The average Bonchev–Trinajstić information content (AvgIpc) is 2.80. The lowest BCUT2D eigenvalue weighted by molar-refractivity contribution is 0.311. The van der Waals surface area contributed by atoms with Crippen LogP contribution in [-0.4, -0.2) is 31.6 Å². The Morgan fingerprint density at radius 3 is 1.97 bits per heavy atom. The van der Waals surface area contributed by atoms with E-state index in [1.807, 2.05) is 18.2 Å². The lowest BCUT2D eigenvalue weighted by atomic mass is 9.64. The maximum absolute atomic E-state index is 5.84. The van der Waals surface area contributed by atoms with E-state index < -0.39 is 0 Å². The molecule has 7 heteroatoms. The van der Waals surface area contributed by atoms with Gasteiger partial charge in [0.1, 0.15) is 5.69 Å². The molecule has 0 saturated heterocycles. The Balaban J connectivity index is 1.73. The van der Waals surface area contributed by atoms with E-state index in [2.05, 4.69) is 77.3 Å². The Hall–Kier alpha value is -2.96. The molecule has 35 heavy (non-hydrogen) atoms. The molecule has 186 valence electrons. The van der Waals surface area contributed by atoms with Crippen molar-refractivity contribution in [2.45, 2.75) is 91.9 Å². The summed E-state index contributed by atoms with van der Waals surface area (Å²) in [5, 5.41) is 13.3. The van der Waals surface area contributed by atoms with Crippen molar-refractivity contribution in [1.82, 2.24) is 20.2 Å². The molecule has 0 radical (unpaired) electrons. The molecule has 2 aliphatic rings. The first-order chi connectivity index (χ1) is 16.2. The summed E-state index contributed by atoms with van der Waals surface area (Å²) in [5.74, 6) is 6.37. The van der Waals surface area contributed by atoms with Crippen LogP contribution in [0.5, 0.6) is 0 Å². The van der Waals surface area contributed by atoms with Crippen molar-refractivity contribution in [1.29, 1.82) is 0 Å². The van der Waals surface area contributed by atoms with E-state index in [1.165, 1.54) is 0 Å². The highest BCUT2D eigenvalue weighted by molar-refractivity contribution is 6.46. The Labute approximate surface area is 209 Å². The van der Waals surface area contributed by atoms with Crippen LogP contribution in [0.1, 0.15) is 98.2 Å². The van der Waals surface area contributed by atoms with Crippen LogP contribution in [-0.2, 0) is 10.8 Å². The summed E-state index contributed by atoms with van der Waals surface area (Å²) in [6.45, 7) is 21.8. The summed E-state index contributed by atoms with van der Waals surface area (Å²) in [5.41, 5.74) is 5.23. The molecule has 0 unspecified atom stereocenters. The van der Waals surface area contributed by atoms with E-state index in [0.717, 1.165) is 48.5 Å². The number of nitrogens with two attached hydrogens (primary N) is 1. The normalized spacial score (nSPS) is 24.2. The van der Waals surface area contributed by atoms with Crippen LogP contribution in [0.4, 0.5) is 0 Å². The number of hydrogen-bond donors (Lipinski definition) is 1. The third-order valence-corrected chi connectivity index (χ3v) is 7.87. The number of hydrogen-bond acceptors (Lipinski definition) is 7. The highest BCUT2D eigenvalue weighted by Gasteiger charge is 2.43. The quantitative estimate of drug-likeness (QED) is 0.444. The summed E-state index contributed by atoms with van der Waals surface area (Å²) in [7, 11) is 0. The van der Waals surface area contributed by atoms with Gasteiger partial charge in [-0.1, -0.05) is 68.0 Å². The van der Waals surface area contributed by atoms with Crippen LogP contribution in [0.2, 0.25) is 0 Å². The van der Waals surface area contributed by atoms with Gasteiger partial charge in [-0.05, 0) is 37.8 Å². The van der Waals surface area contributed by atoms with Gasteiger partial charge in [0.2, 0.25) is 5.82 Å². The largest absolute Gasteiger partial charge is 0.323 e. The lowest BCUT2D eigenvalue weighted by Crippen LogP contribution is -2.46. The summed E-state index contributed by atoms with van der Waals surface area (Å²) < 4.78 is 0. The van der Waals surface area contributed by atoms with E-state index in [0.29, 0.717) is 22.9 Å². The summed E-state index contributed by atoms with van der Waals surface area (Å²) >= 11 is 0. The second kappa shape index (κ2) is 8.32. The van der Waals surface area contributed by atoms with Gasteiger partial charge in [0, 0.05) is 21.7 Å². The first-order valence-corrected chi connectivity index (χ1v) is 12.5. The number of aliphatic imine (C=N–C) groups is 1. The van der Waals surface area contributed by atoms with Crippen LogP contribution in [0.15, 0.2) is 34.9 Å². The maximum Gasteiger partial charge on any atom is 0.200 e. The van der Waals surface area contributed by atoms with Gasteiger partial charge in [0.25, 0.3) is 0 Å². The predicted molar refractivity (Wildman–Crippen MR) is 143 cm³/mol. The average molecular weight is 474 g/mol. The van der Waals surface area contributed by atoms with Gasteiger partial charge in [-0.15, -0.1) is 5.10 Å². The van der Waals surface area contributed by atoms with Crippen molar-refractivity contribution in [2.75, 3.05) is 0 Å². The molecule has 0 atom stereocenters. The smallest absolute Gasteiger partial charge is 0.200 e. The molecule has 1 saturated carbocycles. The number of pyridine rings is 1. The van der Waals surface area contributed by atoms with Gasteiger partial charge >= 0.3 is 0 Å². The fourth-order valence-electron chi connectivity index (χ4n) is 5.08. The van der Waals surface area contributed by atoms with Crippen molar-refractivity contribution in [3.63, 3.8) is 0 Å². The van der Waals surface area contributed by atoms with E-state index >= 15 is 0 Å². The number of rotatable bonds is 3. The van der Waals surface area contributed by atoms with Gasteiger partial charge in [0.15, 0.2) is 0 Å². The molecule has 2 aromatic heterocycles. The molecule has 0 spiro atoms. The molecule has 2 heterocycles. The first kappa shape index (κ1) is 25.1. The molecule has 0 aromatic carbocycles. The fraction of sp³-hybridized carbons (Fsp3) is 0.571. The molecule has 0 amide bonds. The highest BCUT2D eigenvalue weighted by Crippen LogP contribution is 2.44. The third-order valence-electron chi connectivity index (χ3n) is 7.87. The molecular formula is C28H39N7. The van der Waals surface area contributed by atoms with E-state index in [1.54, 1.807) is 0 Å². The van der Waals surface area contributed by atoms with Crippen LogP contribution >= 0.6 is 0 Å². The fourth-order valence-corrected chi connectivity index (χ4v) is 5.08. The summed E-state index contributed by atoms with van der Waals surface area (Å²) in [4.78, 5) is 14.8. The molecule has 0 aliphatic heterocycles. The summed E-state index contributed by atoms with van der Waals surface area (Å²) in [6.07, 6.45) is 4.13. The van der Waals surface area contributed by atoms with Crippen molar-refractivity contribution < 1.29 is 0 Å². The van der Waals surface area contributed by atoms with Gasteiger partial charge in [-0.25, -0.2) is 15.0 Å². The van der Waals surface area contributed by atoms with Gasteiger partial charge < -0.3 is 5.84 Å². The zero-order valence-electron chi connectivity index (χ0n) is 22.5. The molecule has 7 nitrogen and oxygen atoms in total. The number of nitrogens with zero attached hydrogens (tertiary/aromatic N) is 6. The van der Waals surface area contributed by atoms with Crippen LogP contribution in [0, 0.1) is 10.8 Å². The number of hydrazone groups is 1. The monoisotopic (exact) mass is 473 g/mol. The minimum Gasteiger partial charge on any atom is -0.323 e. The molecule has 4 rings (SSSR count). The SMILES string of the molecule is C=C(N=C1/C(=N\N)C(C)(C)CCC1(C)C)c1cccc(-c2nnc3c(n2)C(C)(C)CCC3(C)C)n1. The van der Waals surface area contributed by atoms with Crippen molar-refractivity contribution in [3.8, 4) is 11.5 Å². The van der Waals surface area contributed by atoms with Gasteiger partial charge in [-0.2, -0.15) is 10.2 Å². The number of aromatic nitrogens is 4. The summed E-state index contributed by atoms with van der Waals surface area (Å²) in [6, 6.07) is 5.76. The second-order valence-corrected chi connectivity index (χ2v) is 12.7. The van der Waals surface area contributed by atoms with Crippen LogP contribution < -0.4 is 5.84 Å². The minimum absolute atomic E-state index is 0.0358. The second-order valence-electron chi connectivity index (χ2n) is 12.7. The van der Waals surface area contributed by atoms with Crippen molar-refractivity contribution >= 4 is 17.1 Å². The lowest BCUT2D eigenvalue weighted by Gasteiger charge is -2.41. The Bertz CT molecular complexity index is 1230. The Morgan fingerprint density at radius 2 is 1.34 bits per heavy atom. The highest BCUT2D eigenvalue weighted by atomic mass is 15.2. The van der Waals surface area contributed by atoms with Crippen molar-refractivity contribution in [2.24, 2.45) is 26.8 Å². The minimum atomic E-state index is -0.155. The van der Waals surface area contributed by atoms with Crippen LogP contribution in [0.3, 0.4) is 0 Å². The number of fused-ring (bicyclic) bond motifs is 1. The van der Waals surface area contributed by atoms with Gasteiger partial charge in [-0.3, -0.25) is 0 Å². The first-order valence-electron chi connectivity index (χ1n) is 12.5. The maximum atomic E-state index is 5.84. The standard InChI is InChI=1S/C28H39N7/c1-17(30-20-22(33-29)27(6,7)15-13-25(20,2)3)18-11-10-12-19(31-18)24-32-21-23(34-35-24)28(8,9)16-14-26(21,4)5/h10-12H,1,13-16,29H2,2-9H3/b30-20?,33-22+. The molecular weight excluding hydrogens is 434 g/mol. The zero-order chi connectivity index (χ0) is 25.8. The van der Waals surface area contributed by atoms with E-state index in [-0.39, 0.29) is 21.7 Å². The third kappa shape index (κ3) is 4.53. The molecule has 0 bridgehead atoms. The zero-order valence-corrected chi connectivity index (χ0v) is 22.5. The predicted octanol–water partition coefficient (Wildman–Crippen LogP) is 5.86. The molecule has 1 fully saturated rings. The Kier molecular flexibility index (Phi) is 5.97. The molecule has 2 aliphatic carbocycles. The Morgan fingerprint density at radius 1 is 0.771 bits per heavy atom. The molecule has 2 aromatic rings. The van der Waals surface area contributed by atoms with Crippen molar-refractivity contribution in [3.05, 3.63) is 41.9 Å². The van der Waals surface area contributed by atoms with Crippen LogP contribution in [0.25, 0.3) is 17.2 Å². The topological polar surface area (TPSA) is 102 Å². The van der Waals surface area contributed by atoms with E-state index in [9.17, 15) is 0 Å². The van der Waals surface area contributed by atoms with Gasteiger partial charge in [0.05, 0.1) is 34.2 Å².